The van der Waals surface area contributed by atoms with Crippen LogP contribution in [0, 0.1) is 11.3 Å². The monoisotopic (exact) mass is 350 g/mol. The Labute approximate surface area is 147 Å². The zero-order valence-electron chi connectivity index (χ0n) is 14.2. The Morgan fingerprint density at radius 2 is 2.00 bits per heavy atom. The van der Waals surface area contributed by atoms with Gasteiger partial charge in [-0.2, -0.15) is 5.26 Å². The van der Waals surface area contributed by atoms with Crippen molar-refractivity contribution in [2.75, 3.05) is 5.32 Å². The maximum atomic E-state index is 11.6. The van der Waals surface area contributed by atoms with Crippen molar-refractivity contribution in [3.05, 3.63) is 22.8 Å². The van der Waals surface area contributed by atoms with Crippen LogP contribution in [-0.4, -0.2) is 38.7 Å². The van der Waals surface area contributed by atoms with E-state index in [1.807, 2.05) is 26.8 Å². The Morgan fingerprint density at radius 1 is 1.38 bits per heavy atom. The van der Waals surface area contributed by atoms with Crippen molar-refractivity contribution in [2.45, 2.75) is 64.1 Å². The van der Waals surface area contributed by atoms with E-state index < -0.39 is 11.6 Å². The van der Waals surface area contributed by atoms with Crippen molar-refractivity contribution in [1.82, 2.24) is 9.88 Å². The molecule has 0 aromatic carbocycles. The zero-order valence-corrected chi connectivity index (χ0v) is 15.0. The van der Waals surface area contributed by atoms with Crippen molar-refractivity contribution in [1.29, 1.82) is 5.26 Å². The van der Waals surface area contributed by atoms with Gasteiger partial charge in [0, 0.05) is 17.6 Å². The molecule has 2 N–H and O–H groups in total. The number of pyridine rings is 1. The number of rotatable bonds is 3. The van der Waals surface area contributed by atoms with Gasteiger partial charge in [-0.15, -0.1) is 0 Å². The summed E-state index contributed by atoms with van der Waals surface area (Å²) in [5.74, 6) is 0.647. The molecule has 1 aliphatic rings. The van der Waals surface area contributed by atoms with Crippen LogP contribution in [-0.2, 0) is 0 Å². The third-order valence-corrected chi connectivity index (χ3v) is 4.60. The lowest BCUT2D eigenvalue weighted by atomic mass is 9.88. The number of amides is 1. The Bertz CT molecular complexity index is 643. The van der Waals surface area contributed by atoms with Crippen LogP contribution in [0.3, 0.4) is 0 Å². The molecule has 7 heteroatoms. The molecule has 1 aromatic heterocycles. The van der Waals surface area contributed by atoms with Crippen molar-refractivity contribution in [3.63, 3.8) is 0 Å². The van der Waals surface area contributed by atoms with Crippen LogP contribution in [0.25, 0.3) is 0 Å². The van der Waals surface area contributed by atoms with Crippen molar-refractivity contribution < 1.29 is 9.90 Å². The normalized spacial score (nSPS) is 21.0. The number of nitrogens with zero attached hydrogens (tertiary/aromatic N) is 3. The lowest BCUT2D eigenvalue weighted by molar-refractivity contribution is 0.0556. The molecule has 0 radical (unpaired) electrons. The molecular formula is C17H23ClN4O2. The summed E-state index contributed by atoms with van der Waals surface area (Å²) in [6.45, 7) is 5.77. The van der Waals surface area contributed by atoms with Gasteiger partial charge in [-0.05, 0) is 58.6 Å². The molecule has 24 heavy (non-hydrogen) atoms. The van der Waals surface area contributed by atoms with Crippen LogP contribution >= 0.6 is 11.6 Å². The highest BCUT2D eigenvalue weighted by Crippen LogP contribution is 2.30. The fourth-order valence-corrected chi connectivity index (χ4v) is 3.47. The first-order valence-corrected chi connectivity index (χ1v) is 8.45. The molecule has 6 nitrogen and oxygen atoms in total. The van der Waals surface area contributed by atoms with Crippen LogP contribution in [0.5, 0.6) is 0 Å². The summed E-state index contributed by atoms with van der Waals surface area (Å²) in [4.78, 5) is 17.3. The second kappa shape index (κ2) is 7.27. The minimum Gasteiger partial charge on any atom is -0.465 e. The summed E-state index contributed by atoms with van der Waals surface area (Å²) in [5.41, 5.74) is -0.0490. The Morgan fingerprint density at radius 3 is 2.46 bits per heavy atom. The molecule has 0 saturated heterocycles. The largest absolute Gasteiger partial charge is 0.465 e. The standard InChI is InChI=1S/C17H23ClN4O2/c1-17(2,3)22(16(23)24)13-7-5-12(6-8-13)20-14-9-4-11(10-19)15(18)21-14/h4,9,12-13H,5-8H2,1-3H3,(H,20,21)(H,23,24)/t12-,13-. The minimum absolute atomic E-state index is 0.0399. The molecule has 0 atom stereocenters. The summed E-state index contributed by atoms with van der Waals surface area (Å²) in [7, 11) is 0. The molecule has 1 heterocycles. The first-order valence-electron chi connectivity index (χ1n) is 8.08. The van der Waals surface area contributed by atoms with Crippen LogP contribution in [0.2, 0.25) is 5.15 Å². The molecular weight excluding hydrogens is 328 g/mol. The van der Waals surface area contributed by atoms with Gasteiger partial charge < -0.3 is 15.3 Å². The summed E-state index contributed by atoms with van der Waals surface area (Å²) in [6.07, 6.45) is 2.49. The van der Waals surface area contributed by atoms with Gasteiger partial charge in [-0.1, -0.05) is 11.6 Å². The average molecular weight is 351 g/mol. The van der Waals surface area contributed by atoms with E-state index in [1.54, 1.807) is 17.0 Å². The number of carbonyl (C=O) groups is 1. The molecule has 0 unspecified atom stereocenters. The van der Waals surface area contributed by atoms with E-state index >= 15 is 0 Å². The van der Waals surface area contributed by atoms with Gasteiger partial charge in [0.25, 0.3) is 0 Å². The van der Waals surface area contributed by atoms with Gasteiger partial charge in [0.1, 0.15) is 17.0 Å². The lowest BCUT2D eigenvalue weighted by Gasteiger charge is -2.42. The van der Waals surface area contributed by atoms with Crippen molar-refractivity contribution in [3.8, 4) is 6.07 Å². The van der Waals surface area contributed by atoms with Crippen molar-refractivity contribution >= 4 is 23.5 Å². The predicted molar refractivity (Wildman–Crippen MR) is 93.2 cm³/mol. The maximum Gasteiger partial charge on any atom is 0.407 e. The van der Waals surface area contributed by atoms with E-state index in [9.17, 15) is 9.90 Å². The Balaban J connectivity index is 1.97. The van der Waals surface area contributed by atoms with Gasteiger partial charge in [0.15, 0.2) is 0 Å². The smallest absolute Gasteiger partial charge is 0.407 e. The molecule has 0 spiro atoms. The summed E-state index contributed by atoms with van der Waals surface area (Å²) in [6, 6.07) is 5.65. The summed E-state index contributed by atoms with van der Waals surface area (Å²) < 4.78 is 0. The highest BCUT2D eigenvalue weighted by molar-refractivity contribution is 6.30. The van der Waals surface area contributed by atoms with E-state index in [0.29, 0.717) is 11.4 Å². The van der Waals surface area contributed by atoms with Crippen LogP contribution < -0.4 is 5.32 Å². The molecule has 0 bridgehead atoms. The number of hydrogen-bond donors (Lipinski definition) is 2. The SMILES string of the molecule is CC(C)(C)N(C(=O)O)[C@H]1CC[C@H](Nc2ccc(C#N)c(Cl)n2)CC1. The second-order valence-electron chi connectivity index (χ2n) is 7.12. The van der Waals surface area contributed by atoms with Crippen molar-refractivity contribution in [2.24, 2.45) is 0 Å². The molecule has 130 valence electrons. The Kier molecular flexibility index (Phi) is 5.55. The number of hydrogen-bond acceptors (Lipinski definition) is 4. The number of aromatic nitrogens is 1. The lowest BCUT2D eigenvalue weighted by Crippen LogP contribution is -2.52. The first-order chi connectivity index (χ1) is 11.2. The number of carboxylic acid groups (broad SMARTS) is 1. The highest BCUT2D eigenvalue weighted by atomic mass is 35.5. The topological polar surface area (TPSA) is 89.3 Å². The van der Waals surface area contributed by atoms with Gasteiger partial charge in [-0.3, -0.25) is 0 Å². The molecule has 1 aliphatic carbocycles. The van der Waals surface area contributed by atoms with E-state index in [1.165, 1.54) is 0 Å². The van der Waals surface area contributed by atoms with Crippen LogP contribution in [0.1, 0.15) is 52.0 Å². The molecule has 1 saturated carbocycles. The quantitative estimate of drug-likeness (QED) is 0.801. The number of nitriles is 1. The van der Waals surface area contributed by atoms with Gasteiger partial charge in [-0.25, -0.2) is 9.78 Å². The van der Waals surface area contributed by atoms with Gasteiger partial charge in [0.05, 0.1) is 5.56 Å². The van der Waals surface area contributed by atoms with E-state index in [0.717, 1.165) is 25.7 Å². The van der Waals surface area contributed by atoms with E-state index in [2.05, 4.69) is 10.3 Å². The zero-order chi connectivity index (χ0) is 17.9. The highest BCUT2D eigenvalue weighted by Gasteiger charge is 2.35. The van der Waals surface area contributed by atoms with Crippen LogP contribution in [0.4, 0.5) is 10.6 Å². The Hall–Kier alpha value is -2.00. The minimum atomic E-state index is -0.862. The van der Waals surface area contributed by atoms with Crippen LogP contribution in [0.15, 0.2) is 12.1 Å². The third kappa shape index (κ3) is 4.30. The second-order valence-corrected chi connectivity index (χ2v) is 7.48. The molecule has 0 aliphatic heterocycles. The summed E-state index contributed by atoms with van der Waals surface area (Å²) in [5, 5.41) is 21.9. The first kappa shape index (κ1) is 18.3. The number of anilines is 1. The molecule has 2 rings (SSSR count). The molecule has 1 aromatic rings. The average Bonchev–Trinajstić information content (AvgIpc) is 2.47. The van der Waals surface area contributed by atoms with Gasteiger partial charge >= 0.3 is 6.09 Å². The van der Waals surface area contributed by atoms with Gasteiger partial charge in [0.2, 0.25) is 0 Å². The predicted octanol–water partition coefficient (Wildman–Crippen LogP) is 4.11. The summed E-state index contributed by atoms with van der Waals surface area (Å²) >= 11 is 5.95. The fourth-order valence-electron chi connectivity index (χ4n) is 3.28. The maximum absolute atomic E-state index is 11.6. The number of halogens is 1. The van der Waals surface area contributed by atoms with E-state index in [4.69, 9.17) is 16.9 Å². The van der Waals surface area contributed by atoms with E-state index in [-0.39, 0.29) is 17.2 Å². The number of nitrogens with one attached hydrogen (secondary N) is 1. The molecule has 1 fully saturated rings. The molecule has 1 amide bonds. The fraction of sp³-hybridized carbons (Fsp3) is 0.588. The third-order valence-electron chi connectivity index (χ3n) is 4.31.